The summed E-state index contributed by atoms with van der Waals surface area (Å²) in [5.41, 5.74) is 0. The van der Waals surface area contributed by atoms with Gasteiger partial charge in [0.25, 0.3) is 0 Å². The van der Waals surface area contributed by atoms with E-state index in [1.54, 1.807) is 11.8 Å². The molecule has 2 nitrogen and oxygen atoms in total. The Hall–Kier alpha value is -1.61. The van der Waals surface area contributed by atoms with E-state index < -0.39 is 0 Å². The molecule has 0 heterocycles. The molecule has 0 bridgehead atoms. The van der Waals surface area contributed by atoms with Crippen molar-refractivity contribution in [2.24, 2.45) is 0 Å². The SMILES string of the molecule is CCCOc1ccc(Sc2ccc(OCCC)cc2)cc1. The van der Waals surface area contributed by atoms with Gasteiger partial charge in [0.15, 0.2) is 0 Å². The smallest absolute Gasteiger partial charge is 0.119 e. The molecule has 2 rings (SSSR count). The molecule has 3 heteroatoms. The van der Waals surface area contributed by atoms with E-state index in [-0.39, 0.29) is 0 Å². The second-order valence-electron chi connectivity index (χ2n) is 4.74. The van der Waals surface area contributed by atoms with Crippen molar-refractivity contribution in [2.45, 2.75) is 36.5 Å². The van der Waals surface area contributed by atoms with Crippen molar-refractivity contribution < 1.29 is 9.47 Å². The maximum atomic E-state index is 5.59. The molecule has 0 fully saturated rings. The molecule has 0 saturated carbocycles. The van der Waals surface area contributed by atoms with E-state index in [0.29, 0.717) is 0 Å². The molecule has 21 heavy (non-hydrogen) atoms. The predicted octanol–water partition coefficient (Wildman–Crippen LogP) is 5.42. The Kier molecular flexibility index (Phi) is 6.48. The van der Waals surface area contributed by atoms with Crippen LogP contribution in [0, 0.1) is 0 Å². The van der Waals surface area contributed by atoms with Crippen LogP contribution >= 0.6 is 11.8 Å². The fourth-order valence-corrected chi connectivity index (χ4v) is 2.60. The third kappa shape index (κ3) is 5.35. The van der Waals surface area contributed by atoms with Gasteiger partial charge in [-0.2, -0.15) is 0 Å². The Labute approximate surface area is 131 Å². The zero-order valence-electron chi connectivity index (χ0n) is 12.7. The number of hydrogen-bond acceptors (Lipinski definition) is 3. The fourth-order valence-electron chi connectivity index (χ4n) is 1.78. The lowest BCUT2D eigenvalue weighted by Gasteiger charge is -2.07. The molecule has 2 aromatic carbocycles. The average molecular weight is 302 g/mol. The standard InChI is InChI=1S/C18H22O2S/c1-3-13-19-15-5-9-17(10-6-15)21-18-11-7-16(8-12-18)20-14-4-2/h5-12H,3-4,13-14H2,1-2H3. The number of rotatable bonds is 8. The summed E-state index contributed by atoms with van der Waals surface area (Å²) in [7, 11) is 0. The molecule has 0 saturated heterocycles. The Balaban J connectivity index is 1.91. The van der Waals surface area contributed by atoms with E-state index in [1.807, 2.05) is 24.3 Å². The van der Waals surface area contributed by atoms with Gasteiger partial charge in [0.2, 0.25) is 0 Å². The first kappa shape index (κ1) is 15.8. The summed E-state index contributed by atoms with van der Waals surface area (Å²) in [6, 6.07) is 16.5. The van der Waals surface area contributed by atoms with Gasteiger partial charge in [0.05, 0.1) is 13.2 Å². The third-order valence-corrected chi connectivity index (χ3v) is 3.84. The molecule has 0 N–H and O–H groups in total. The van der Waals surface area contributed by atoms with Crippen molar-refractivity contribution in [3.8, 4) is 11.5 Å². The highest BCUT2D eigenvalue weighted by atomic mass is 32.2. The monoisotopic (exact) mass is 302 g/mol. The van der Waals surface area contributed by atoms with Crippen LogP contribution in [0.3, 0.4) is 0 Å². The molecule has 0 unspecified atom stereocenters. The van der Waals surface area contributed by atoms with E-state index in [9.17, 15) is 0 Å². The normalized spacial score (nSPS) is 10.4. The average Bonchev–Trinajstić information content (AvgIpc) is 2.53. The van der Waals surface area contributed by atoms with Crippen LogP contribution in [0.2, 0.25) is 0 Å². The van der Waals surface area contributed by atoms with E-state index in [1.165, 1.54) is 9.79 Å². The Morgan fingerprint density at radius 2 is 1.05 bits per heavy atom. The van der Waals surface area contributed by atoms with Crippen LogP contribution in [-0.4, -0.2) is 13.2 Å². The van der Waals surface area contributed by atoms with E-state index in [4.69, 9.17) is 9.47 Å². The highest BCUT2D eigenvalue weighted by Gasteiger charge is 2.00. The molecule has 0 spiro atoms. The van der Waals surface area contributed by atoms with Crippen molar-refractivity contribution in [2.75, 3.05) is 13.2 Å². The van der Waals surface area contributed by atoms with E-state index >= 15 is 0 Å². The maximum absolute atomic E-state index is 5.59. The molecule has 112 valence electrons. The second-order valence-corrected chi connectivity index (χ2v) is 5.89. The van der Waals surface area contributed by atoms with Gasteiger partial charge >= 0.3 is 0 Å². The van der Waals surface area contributed by atoms with Crippen molar-refractivity contribution in [1.82, 2.24) is 0 Å². The Morgan fingerprint density at radius 1 is 0.667 bits per heavy atom. The first-order valence-electron chi connectivity index (χ1n) is 7.45. The van der Waals surface area contributed by atoms with Gasteiger partial charge in [0, 0.05) is 9.79 Å². The zero-order valence-corrected chi connectivity index (χ0v) is 13.5. The van der Waals surface area contributed by atoms with Gasteiger partial charge in [-0.25, -0.2) is 0 Å². The molecular formula is C18H22O2S. The van der Waals surface area contributed by atoms with Crippen molar-refractivity contribution in [3.63, 3.8) is 0 Å². The summed E-state index contributed by atoms with van der Waals surface area (Å²) in [6.45, 7) is 5.76. The van der Waals surface area contributed by atoms with Crippen LogP contribution in [0.15, 0.2) is 58.3 Å². The largest absolute Gasteiger partial charge is 0.494 e. The number of benzene rings is 2. The molecule has 0 atom stereocenters. The van der Waals surface area contributed by atoms with E-state index in [2.05, 4.69) is 38.1 Å². The van der Waals surface area contributed by atoms with Gasteiger partial charge in [-0.15, -0.1) is 0 Å². The summed E-state index contributed by atoms with van der Waals surface area (Å²) in [5.74, 6) is 1.87. The first-order valence-corrected chi connectivity index (χ1v) is 8.27. The minimum atomic E-state index is 0.770. The van der Waals surface area contributed by atoms with Gasteiger partial charge in [-0.3, -0.25) is 0 Å². The van der Waals surface area contributed by atoms with Crippen molar-refractivity contribution in [3.05, 3.63) is 48.5 Å². The molecule has 0 amide bonds. The highest BCUT2D eigenvalue weighted by molar-refractivity contribution is 7.99. The van der Waals surface area contributed by atoms with Crippen LogP contribution in [0.1, 0.15) is 26.7 Å². The first-order chi connectivity index (χ1) is 10.3. The van der Waals surface area contributed by atoms with Crippen LogP contribution < -0.4 is 9.47 Å². The van der Waals surface area contributed by atoms with Gasteiger partial charge in [-0.1, -0.05) is 25.6 Å². The Morgan fingerprint density at radius 3 is 1.38 bits per heavy atom. The summed E-state index contributed by atoms with van der Waals surface area (Å²) in [5, 5.41) is 0. The molecule has 0 aliphatic rings. The summed E-state index contributed by atoms with van der Waals surface area (Å²) >= 11 is 1.74. The molecule has 0 aliphatic heterocycles. The van der Waals surface area contributed by atoms with Gasteiger partial charge < -0.3 is 9.47 Å². The maximum Gasteiger partial charge on any atom is 0.119 e. The minimum absolute atomic E-state index is 0.770. The van der Waals surface area contributed by atoms with Crippen LogP contribution in [-0.2, 0) is 0 Å². The van der Waals surface area contributed by atoms with Gasteiger partial charge in [0.1, 0.15) is 11.5 Å². The molecule has 0 aliphatic carbocycles. The molecule has 0 radical (unpaired) electrons. The Bertz CT molecular complexity index is 470. The summed E-state index contributed by atoms with van der Waals surface area (Å²) < 4.78 is 11.2. The zero-order chi connectivity index (χ0) is 14.9. The minimum Gasteiger partial charge on any atom is -0.494 e. The van der Waals surface area contributed by atoms with Crippen molar-refractivity contribution >= 4 is 11.8 Å². The van der Waals surface area contributed by atoms with Crippen LogP contribution in [0.5, 0.6) is 11.5 Å². The van der Waals surface area contributed by atoms with E-state index in [0.717, 1.165) is 37.6 Å². The summed E-state index contributed by atoms with van der Waals surface area (Å²) in [4.78, 5) is 2.42. The van der Waals surface area contributed by atoms with Gasteiger partial charge in [-0.05, 0) is 61.4 Å². The fraction of sp³-hybridized carbons (Fsp3) is 0.333. The van der Waals surface area contributed by atoms with Crippen LogP contribution in [0.4, 0.5) is 0 Å². The summed E-state index contributed by atoms with van der Waals surface area (Å²) in [6.07, 6.45) is 2.06. The van der Waals surface area contributed by atoms with Crippen LogP contribution in [0.25, 0.3) is 0 Å². The topological polar surface area (TPSA) is 18.5 Å². The lowest BCUT2D eigenvalue weighted by atomic mass is 10.3. The third-order valence-electron chi connectivity index (χ3n) is 2.83. The number of hydrogen-bond donors (Lipinski definition) is 0. The lowest BCUT2D eigenvalue weighted by molar-refractivity contribution is 0.317. The second kappa shape index (κ2) is 8.63. The predicted molar refractivity (Wildman–Crippen MR) is 88.6 cm³/mol. The number of ether oxygens (including phenoxy) is 2. The van der Waals surface area contributed by atoms with Crippen molar-refractivity contribution in [1.29, 1.82) is 0 Å². The molecule has 2 aromatic rings. The quantitative estimate of drug-likeness (QED) is 0.649. The lowest BCUT2D eigenvalue weighted by Crippen LogP contribution is -1.94. The molecular weight excluding hydrogens is 280 g/mol. The highest BCUT2D eigenvalue weighted by Crippen LogP contribution is 2.30. The molecule has 0 aromatic heterocycles.